The first-order valence-electron chi connectivity index (χ1n) is 7.56. The Bertz CT molecular complexity index is 594. The normalized spacial score (nSPS) is 15.7. The molecule has 1 aliphatic rings. The molecule has 1 heterocycles. The fraction of sp³-hybridized carbons (Fsp3) is 0.333. The van der Waals surface area contributed by atoms with Crippen LogP contribution in [0.5, 0.6) is 5.75 Å². The van der Waals surface area contributed by atoms with E-state index in [1.54, 1.807) is 0 Å². The van der Waals surface area contributed by atoms with E-state index in [1.807, 2.05) is 36.4 Å². The van der Waals surface area contributed by atoms with Crippen LogP contribution in [-0.2, 0) is 17.9 Å². The summed E-state index contributed by atoms with van der Waals surface area (Å²) in [4.78, 5) is 2.40. The number of halogens is 1. The van der Waals surface area contributed by atoms with Crippen LogP contribution in [0.25, 0.3) is 0 Å². The van der Waals surface area contributed by atoms with Gasteiger partial charge in [-0.3, -0.25) is 4.90 Å². The second kappa shape index (κ2) is 7.63. The summed E-state index contributed by atoms with van der Waals surface area (Å²) in [6, 6.07) is 16.0. The van der Waals surface area contributed by atoms with Crippen molar-refractivity contribution in [3.63, 3.8) is 0 Å². The van der Waals surface area contributed by atoms with E-state index < -0.39 is 0 Å². The molecule has 2 aromatic carbocycles. The Morgan fingerprint density at radius 2 is 1.73 bits per heavy atom. The maximum atomic E-state index is 6.00. The van der Waals surface area contributed by atoms with Crippen molar-refractivity contribution < 1.29 is 9.47 Å². The minimum atomic E-state index is 0.553. The molecule has 1 aliphatic heterocycles. The number of nitrogens with zero attached hydrogens (tertiary/aromatic N) is 1. The Morgan fingerprint density at radius 1 is 1.00 bits per heavy atom. The molecule has 0 saturated carbocycles. The zero-order valence-electron chi connectivity index (χ0n) is 12.5. The quantitative estimate of drug-likeness (QED) is 0.838. The van der Waals surface area contributed by atoms with Crippen molar-refractivity contribution in [1.29, 1.82) is 0 Å². The van der Waals surface area contributed by atoms with Gasteiger partial charge in [0.15, 0.2) is 0 Å². The van der Waals surface area contributed by atoms with Gasteiger partial charge in [0.05, 0.1) is 13.2 Å². The van der Waals surface area contributed by atoms with Crippen molar-refractivity contribution >= 4 is 11.6 Å². The van der Waals surface area contributed by atoms with Gasteiger partial charge >= 0.3 is 0 Å². The lowest BCUT2D eigenvalue weighted by atomic mass is 10.1. The number of ether oxygens (including phenoxy) is 2. The topological polar surface area (TPSA) is 21.7 Å². The molecular formula is C18H20ClNO2. The van der Waals surface area contributed by atoms with Gasteiger partial charge < -0.3 is 9.47 Å². The van der Waals surface area contributed by atoms with E-state index in [2.05, 4.69) is 17.0 Å². The zero-order valence-corrected chi connectivity index (χ0v) is 13.3. The second-order valence-electron chi connectivity index (χ2n) is 5.41. The van der Waals surface area contributed by atoms with Crippen LogP contribution >= 0.6 is 11.6 Å². The molecule has 0 spiro atoms. The van der Waals surface area contributed by atoms with Crippen LogP contribution in [-0.4, -0.2) is 31.2 Å². The Morgan fingerprint density at radius 3 is 2.50 bits per heavy atom. The first kappa shape index (κ1) is 15.3. The van der Waals surface area contributed by atoms with Crippen molar-refractivity contribution in [2.75, 3.05) is 26.3 Å². The number of hydrogen-bond acceptors (Lipinski definition) is 3. The van der Waals surface area contributed by atoms with E-state index in [4.69, 9.17) is 21.1 Å². The highest BCUT2D eigenvalue weighted by atomic mass is 35.5. The molecule has 1 fully saturated rings. The summed E-state index contributed by atoms with van der Waals surface area (Å²) in [5, 5.41) is 0.747. The van der Waals surface area contributed by atoms with Crippen LogP contribution in [0.1, 0.15) is 11.1 Å². The summed E-state index contributed by atoms with van der Waals surface area (Å²) in [7, 11) is 0. The highest BCUT2D eigenvalue weighted by Gasteiger charge is 2.13. The second-order valence-corrected chi connectivity index (χ2v) is 5.85. The first-order chi connectivity index (χ1) is 10.8. The number of rotatable bonds is 5. The van der Waals surface area contributed by atoms with Crippen molar-refractivity contribution in [2.24, 2.45) is 0 Å². The van der Waals surface area contributed by atoms with Gasteiger partial charge in [-0.2, -0.15) is 0 Å². The van der Waals surface area contributed by atoms with Crippen molar-refractivity contribution in [3.05, 3.63) is 64.7 Å². The average molecular weight is 318 g/mol. The first-order valence-corrected chi connectivity index (χ1v) is 7.94. The number of benzene rings is 2. The van der Waals surface area contributed by atoms with E-state index in [0.29, 0.717) is 6.61 Å². The molecule has 0 N–H and O–H groups in total. The molecule has 2 aromatic rings. The highest BCUT2D eigenvalue weighted by Crippen LogP contribution is 2.22. The number of para-hydroxylation sites is 1. The fourth-order valence-electron chi connectivity index (χ4n) is 2.52. The molecule has 3 nitrogen and oxygen atoms in total. The molecule has 0 aliphatic carbocycles. The Kier molecular flexibility index (Phi) is 5.33. The predicted octanol–water partition coefficient (Wildman–Crippen LogP) is 3.75. The fourth-order valence-corrected chi connectivity index (χ4v) is 2.64. The third-order valence-electron chi connectivity index (χ3n) is 3.78. The molecule has 0 amide bonds. The van der Waals surface area contributed by atoms with Crippen LogP contribution in [0.3, 0.4) is 0 Å². The molecule has 22 heavy (non-hydrogen) atoms. The van der Waals surface area contributed by atoms with Gasteiger partial charge in [-0.1, -0.05) is 41.9 Å². The minimum absolute atomic E-state index is 0.553. The molecular weight excluding hydrogens is 298 g/mol. The van der Waals surface area contributed by atoms with Gasteiger partial charge in [-0.25, -0.2) is 0 Å². The molecule has 1 saturated heterocycles. The molecule has 0 unspecified atom stereocenters. The summed E-state index contributed by atoms with van der Waals surface area (Å²) < 4.78 is 11.4. The van der Waals surface area contributed by atoms with E-state index in [9.17, 15) is 0 Å². The summed E-state index contributed by atoms with van der Waals surface area (Å²) in [5.74, 6) is 0.948. The van der Waals surface area contributed by atoms with Gasteiger partial charge in [0.2, 0.25) is 0 Å². The molecule has 4 heteroatoms. The van der Waals surface area contributed by atoms with E-state index in [-0.39, 0.29) is 0 Å². The summed E-state index contributed by atoms with van der Waals surface area (Å²) >= 11 is 5.91. The van der Waals surface area contributed by atoms with Crippen molar-refractivity contribution in [1.82, 2.24) is 4.90 Å². The molecule has 0 radical (unpaired) electrons. The van der Waals surface area contributed by atoms with Crippen LogP contribution < -0.4 is 4.74 Å². The Labute approximate surface area is 136 Å². The van der Waals surface area contributed by atoms with E-state index in [1.165, 1.54) is 5.56 Å². The zero-order chi connectivity index (χ0) is 15.2. The molecule has 116 valence electrons. The minimum Gasteiger partial charge on any atom is -0.489 e. The van der Waals surface area contributed by atoms with Crippen LogP contribution in [0.15, 0.2) is 48.5 Å². The van der Waals surface area contributed by atoms with Gasteiger partial charge in [0.1, 0.15) is 12.4 Å². The molecule has 0 bridgehead atoms. The summed E-state index contributed by atoms with van der Waals surface area (Å²) in [5.41, 5.74) is 2.34. The van der Waals surface area contributed by atoms with Crippen LogP contribution in [0, 0.1) is 0 Å². The summed E-state index contributed by atoms with van der Waals surface area (Å²) in [6.07, 6.45) is 0. The Hall–Kier alpha value is -1.55. The molecule has 3 rings (SSSR count). The van der Waals surface area contributed by atoms with Gasteiger partial charge in [0, 0.05) is 30.2 Å². The van der Waals surface area contributed by atoms with E-state index in [0.717, 1.165) is 49.2 Å². The maximum Gasteiger partial charge on any atom is 0.124 e. The molecule has 0 aromatic heterocycles. The lowest BCUT2D eigenvalue weighted by Crippen LogP contribution is -2.35. The monoisotopic (exact) mass is 317 g/mol. The third-order valence-corrected chi connectivity index (χ3v) is 4.03. The van der Waals surface area contributed by atoms with Gasteiger partial charge in [0.25, 0.3) is 0 Å². The van der Waals surface area contributed by atoms with E-state index >= 15 is 0 Å². The highest BCUT2D eigenvalue weighted by molar-refractivity contribution is 6.30. The van der Waals surface area contributed by atoms with Crippen LogP contribution in [0.2, 0.25) is 5.02 Å². The number of morpholine rings is 1. The largest absolute Gasteiger partial charge is 0.489 e. The van der Waals surface area contributed by atoms with Gasteiger partial charge in [-0.05, 0) is 23.8 Å². The SMILES string of the molecule is Clc1ccc(COc2ccccc2CN2CCOCC2)cc1. The lowest BCUT2D eigenvalue weighted by molar-refractivity contribution is 0.0337. The van der Waals surface area contributed by atoms with Crippen LogP contribution in [0.4, 0.5) is 0 Å². The predicted molar refractivity (Wildman–Crippen MR) is 88.3 cm³/mol. The Balaban J connectivity index is 1.64. The summed E-state index contributed by atoms with van der Waals surface area (Å²) in [6.45, 7) is 5.04. The smallest absolute Gasteiger partial charge is 0.124 e. The van der Waals surface area contributed by atoms with Gasteiger partial charge in [-0.15, -0.1) is 0 Å². The van der Waals surface area contributed by atoms with Crippen molar-refractivity contribution in [2.45, 2.75) is 13.2 Å². The molecule has 0 atom stereocenters. The number of hydrogen-bond donors (Lipinski definition) is 0. The van der Waals surface area contributed by atoms with Crippen molar-refractivity contribution in [3.8, 4) is 5.75 Å². The maximum absolute atomic E-state index is 6.00. The standard InChI is InChI=1S/C18H20ClNO2/c19-17-7-5-15(6-8-17)14-22-18-4-2-1-3-16(18)13-20-9-11-21-12-10-20/h1-8H,9-14H2. The average Bonchev–Trinajstić information content (AvgIpc) is 2.56. The third kappa shape index (κ3) is 4.23. The lowest BCUT2D eigenvalue weighted by Gasteiger charge is -2.27.